The summed E-state index contributed by atoms with van der Waals surface area (Å²) in [6.45, 7) is 1.54. The molecule has 1 aromatic heterocycles. The SMILES string of the molecule is CC(=O)SCC#Cc1cnn(C)c1. The van der Waals surface area contributed by atoms with Gasteiger partial charge >= 0.3 is 0 Å². The number of thioether (sulfide) groups is 1. The lowest BCUT2D eigenvalue weighted by molar-refractivity contribution is -0.109. The number of aryl methyl sites for hydroxylation is 1. The molecule has 68 valence electrons. The Hall–Kier alpha value is -1.21. The molecule has 13 heavy (non-hydrogen) atoms. The average Bonchev–Trinajstić information content (AvgIpc) is 2.45. The summed E-state index contributed by atoms with van der Waals surface area (Å²) in [4.78, 5) is 10.5. The van der Waals surface area contributed by atoms with E-state index in [9.17, 15) is 4.79 Å². The third-order valence-electron chi connectivity index (χ3n) is 1.29. The van der Waals surface area contributed by atoms with Crippen LogP contribution in [-0.4, -0.2) is 20.6 Å². The van der Waals surface area contributed by atoms with Gasteiger partial charge in [-0.25, -0.2) is 0 Å². The molecular weight excluding hydrogens is 184 g/mol. The number of aromatic nitrogens is 2. The molecule has 0 N–H and O–H groups in total. The fraction of sp³-hybridized carbons (Fsp3) is 0.333. The summed E-state index contributed by atoms with van der Waals surface area (Å²) in [5.74, 6) is 6.35. The molecular formula is C9H10N2OS. The molecule has 0 aliphatic heterocycles. The highest BCUT2D eigenvalue weighted by molar-refractivity contribution is 8.13. The van der Waals surface area contributed by atoms with Gasteiger partial charge in [-0.3, -0.25) is 9.48 Å². The Balaban J connectivity index is 2.44. The van der Waals surface area contributed by atoms with E-state index in [0.717, 1.165) is 5.56 Å². The zero-order valence-electron chi connectivity index (χ0n) is 7.57. The first-order valence-electron chi connectivity index (χ1n) is 3.79. The molecule has 0 aliphatic carbocycles. The third kappa shape index (κ3) is 3.81. The van der Waals surface area contributed by atoms with Crippen molar-refractivity contribution in [2.45, 2.75) is 6.92 Å². The number of hydrogen-bond donors (Lipinski definition) is 0. The van der Waals surface area contributed by atoms with Crippen LogP contribution >= 0.6 is 11.8 Å². The van der Waals surface area contributed by atoms with Crippen molar-refractivity contribution in [3.63, 3.8) is 0 Å². The average molecular weight is 194 g/mol. The van der Waals surface area contributed by atoms with E-state index in [-0.39, 0.29) is 5.12 Å². The van der Waals surface area contributed by atoms with E-state index in [1.165, 1.54) is 18.7 Å². The van der Waals surface area contributed by atoms with Gasteiger partial charge in [-0.05, 0) is 0 Å². The minimum atomic E-state index is 0.0977. The second kappa shape index (κ2) is 4.73. The highest BCUT2D eigenvalue weighted by Crippen LogP contribution is 1.99. The van der Waals surface area contributed by atoms with Gasteiger partial charge in [0.05, 0.1) is 17.5 Å². The first-order chi connectivity index (χ1) is 6.18. The number of carbonyl (C=O) groups is 1. The van der Waals surface area contributed by atoms with E-state index >= 15 is 0 Å². The maximum atomic E-state index is 10.5. The standard InChI is InChI=1S/C9H10N2OS/c1-8(12)13-5-3-4-9-6-10-11(2)7-9/h6-7H,5H2,1-2H3. The van der Waals surface area contributed by atoms with Crippen molar-refractivity contribution in [1.82, 2.24) is 9.78 Å². The smallest absolute Gasteiger partial charge is 0.186 e. The topological polar surface area (TPSA) is 34.9 Å². The molecule has 1 heterocycles. The van der Waals surface area contributed by atoms with Crippen molar-refractivity contribution in [3.8, 4) is 11.8 Å². The Morgan fingerprint density at radius 1 is 1.77 bits per heavy atom. The number of nitrogens with zero attached hydrogens (tertiary/aromatic N) is 2. The Morgan fingerprint density at radius 3 is 3.08 bits per heavy atom. The molecule has 4 heteroatoms. The molecule has 0 spiro atoms. The molecule has 0 radical (unpaired) electrons. The van der Waals surface area contributed by atoms with Crippen LogP contribution in [0, 0.1) is 11.8 Å². The second-order valence-electron chi connectivity index (χ2n) is 2.48. The van der Waals surface area contributed by atoms with Gasteiger partial charge in [0.2, 0.25) is 0 Å². The van der Waals surface area contributed by atoms with E-state index in [1.807, 2.05) is 13.2 Å². The van der Waals surface area contributed by atoms with Crippen molar-refractivity contribution in [2.75, 3.05) is 5.75 Å². The molecule has 1 aromatic rings. The molecule has 0 amide bonds. The van der Waals surface area contributed by atoms with Crippen LogP contribution in [0.4, 0.5) is 0 Å². The van der Waals surface area contributed by atoms with Crippen molar-refractivity contribution < 1.29 is 4.79 Å². The van der Waals surface area contributed by atoms with Gasteiger partial charge in [-0.15, -0.1) is 0 Å². The molecule has 1 rings (SSSR count). The van der Waals surface area contributed by atoms with Gasteiger partial charge in [-0.2, -0.15) is 5.10 Å². The maximum absolute atomic E-state index is 10.5. The minimum absolute atomic E-state index is 0.0977. The summed E-state index contributed by atoms with van der Waals surface area (Å²) in [5.41, 5.74) is 0.881. The van der Waals surface area contributed by atoms with Gasteiger partial charge < -0.3 is 0 Å². The summed E-state index contributed by atoms with van der Waals surface area (Å²) < 4.78 is 1.70. The van der Waals surface area contributed by atoms with Gasteiger partial charge in [0.15, 0.2) is 5.12 Å². The lowest BCUT2D eigenvalue weighted by Gasteiger charge is -1.83. The van der Waals surface area contributed by atoms with Crippen LogP contribution in [0.5, 0.6) is 0 Å². The number of rotatable bonds is 1. The molecule has 0 bridgehead atoms. The molecule has 0 aromatic carbocycles. The van der Waals surface area contributed by atoms with E-state index in [1.54, 1.807) is 10.9 Å². The van der Waals surface area contributed by atoms with Crippen LogP contribution in [0.25, 0.3) is 0 Å². The molecule has 0 saturated heterocycles. The zero-order chi connectivity index (χ0) is 9.68. The minimum Gasteiger partial charge on any atom is -0.288 e. The predicted octanol–water partition coefficient (Wildman–Crippen LogP) is 1.05. The molecule has 0 fully saturated rings. The maximum Gasteiger partial charge on any atom is 0.186 e. The van der Waals surface area contributed by atoms with Gasteiger partial charge in [0, 0.05) is 20.2 Å². The lowest BCUT2D eigenvalue weighted by Crippen LogP contribution is -1.84. The largest absolute Gasteiger partial charge is 0.288 e. The van der Waals surface area contributed by atoms with Crippen LogP contribution in [0.1, 0.15) is 12.5 Å². The Labute approximate surface area is 81.5 Å². The van der Waals surface area contributed by atoms with E-state index < -0.39 is 0 Å². The quantitative estimate of drug-likeness (QED) is 0.627. The van der Waals surface area contributed by atoms with Crippen LogP contribution in [0.3, 0.4) is 0 Å². The highest BCUT2D eigenvalue weighted by atomic mass is 32.2. The van der Waals surface area contributed by atoms with E-state index in [0.29, 0.717) is 5.75 Å². The van der Waals surface area contributed by atoms with Crippen LogP contribution < -0.4 is 0 Å². The van der Waals surface area contributed by atoms with Crippen molar-refractivity contribution in [1.29, 1.82) is 0 Å². The van der Waals surface area contributed by atoms with E-state index in [2.05, 4.69) is 16.9 Å². The normalized spacial score (nSPS) is 9.08. The summed E-state index contributed by atoms with van der Waals surface area (Å²) in [5, 5.41) is 4.07. The first-order valence-corrected chi connectivity index (χ1v) is 4.78. The van der Waals surface area contributed by atoms with Gasteiger partial charge in [-0.1, -0.05) is 23.6 Å². The monoisotopic (exact) mass is 194 g/mol. The first kappa shape index (κ1) is 9.87. The predicted molar refractivity (Wildman–Crippen MR) is 53.2 cm³/mol. The Morgan fingerprint density at radius 2 is 2.54 bits per heavy atom. The summed E-state index contributed by atoms with van der Waals surface area (Å²) in [6.07, 6.45) is 3.54. The van der Waals surface area contributed by atoms with Crippen LogP contribution in [0.15, 0.2) is 12.4 Å². The Kier molecular flexibility index (Phi) is 3.59. The fourth-order valence-corrected chi connectivity index (χ4v) is 1.11. The number of carbonyl (C=O) groups excluding carboxylic acids is 1. The van der Waals surface area contributed by atoms with Gasteiger partial charge in [0.25, 0.3) is 0 Å². The Bertz CT molecular complexity index is 359. The lowest BCUT2D eigenvalue weighted by atomic mass is 10.4. The van der Waals surface area contributed by atoms with Crippen LogP contribution in [-0.2, 0) is 11.8 Å². The van der Waals surface area contributed by atoms with Crippen LogP contribution in [0.2, 0.25) is 0 Å². The summed E-state index contributed by atoms with van der Waals surface area (Å²) >= 11 is 1.22. The molecule has 0 unspecified atom stereocenters. The van der Waals surface area contributed by atoms with Crippen molar-refractivity contribution in [2.24, 2.45) is 7.05 Å². The second-order valence-corrected chi connectivity index (χ2v) is 3.64. The molecule has 0 atom stereocenters. The molecule has 3 nitrogen and oxygen atoms in total. The van der Waals surface area contributed by atoms with E-state index in [4.69, 9.17) is 0 Å². The number of hydrogen-bond acceptors (Lipinski definition) is 3. The third-order valence-corrected chi connectivity index (χ3v) is 1.98. The fourth-order valence-electron chi connectivity index (χ4n) is 0.762. The summed E-state index contributed by atoms with van der Waals surface area (Å²) in [7, 11) is 1.84. The molecule has 0 aliphatic rings. The highest BCUT2D eigenvalue weighted by Gasteiger charge is 1.90. The van der Waals surface area contributed by atoms with Crippen molar-refractivity contribution >= 4 is 16.9 Å². The summed E-state index contributed by atoms with van der Waals surface area (Å²) in [6, 6.07) is 0. The van der Waals surface area contributed by atoms with Crippen molar-refractivity contribution in [3.05, 3.63) is 18.0 Å². The van der Waals surface area contributed by atoms with Gasteiger partial charge in [0.1, 0.15) is 0 Å². The molecule has 0 saturated carbocycles. The zero-order valence-corrected chi connectivity index (χ0v) is 8.39.